The molecule has 2 fully saturated rings. The molecule has 0 radical (unpaired) electrons. The quantitative estimate of drug-likeness (QED) is 0.775. The number of aliphatic carboxylic acids is 1. The summed E-state index contributed by atoms with van der Waals surface area (Å²) in [6.45, 7) is 6.96. The van der Waals surface area contributed by atoms with Crippen LogP contribution in [0.5, 0.6) is 0 Å². The monoisotopic (exact) mass is 312 g/mol. The number of likely N-dealkylation sites (tertiary alicyclic amines) is 1. The van der Waals surface area contributed by atoms with Gasteiger partial charge in [-0.1, -0.05) is 0 Å². The van der Waals surface area contributed by atoms with Gasteiger partial charge in [-0.2, -0.15) is 0 Å². The molecule has 2 rings (SSSR count). The zero-order chi connectivity index (χ0) is 16.6. The van der Waals surface area contributed by atoms with E-state index in [0.29, 0.717) is 25.9 Å². The van der Waals surface area contributed by atoms with Crippen LogP contribution in [0.15, 0.2) is 0 Å². The van der Waals surface area contributed by atoms with Crippen LogP contribution in [0, 0.1) is 5.41 Å². The molecular weight excluding hydrogens is 284 g/mol. The molecular formula is C16H28N2O4. The highest BCUT2D eigenvalue weighted by Gasteiger charge is 2.46. The van der Waals surface area contributed by atoms with E-state index >= 15 is 0 Å². The topological polar surface area (TPSA) is 92.9 Å². The van der Waals surface area contributed by atoms with Crippen molar-refractivity contribution in [3.63, 3.8) is 0 Å². The maximum atomic E-state index is 12.1. The number of carboxylic acids is 1. The van der Waals surface area contributed by atoms with E-state index in [9.17, 15) is 14.7 Å². The van der Waals surface area contributed by atoms with Crippen LogP contribution in [-0.2, 0) is 9.53 Å². The Morgan fingerprint density at radius 3 is 1.95 bits per heavy atom. The minimum atomic E-state index is -1.06. The molecule has 1 aliphatic heterocycles. The van der Waals surface area contributed by atoms with E-state index < -0.39 is 17.1 Å². The molecule has 22 heavy (non-hydrogen) atoms. The Labute approximate surface area is 132 Å². The lowest BCUT2D eigenvalue weighted by Gasteiger charge is -2.47. The summed E-state index contributed by atoms with van der Waals surface area (Å²) in [5.41, 5.74) is 4.57. The third-order valence-corrected chi connectivity index (χ3v) is 5.10. The van der Waals surface area contributed by atoms with Gasteiger partial charge in [0, 0.05) is 13.1 Å². The number of nitrogens with two attached hydrogens (primary N) is 1. The number of amides is 1. The second-order valence-corrected chi connectivity index (χ2v) is 7.93. The molecule has 6 nitrogen and oxygen atoms in total. The Balaban J connectivity index is 1.88. The van der Waals surface area contributed by atoms with Crippen LogP contribution in [0.2, 0.25) is 0 Å². The Hall–Kier alpha value is -1.30. The molecule has 1 aliphatic carbocycles. The van der Waals surface area contributed by atoms with Gasteiger partial charge in [0.05, 0.1) is 0 Å². The van der Waals surface area contributed by atoms with Crippen molar-refractivity contribution in [2.75, 3.05) is 13.1 Å². The fourth-order valence-electron chi connectivity index (χ4n) is 3.43. The van der Waals surface area contributed by atoms with Gasteiger partial charge in [0.2, 0.25) is 0 Å². The molecule has 0 aromatic rings. The van der Waals surface area contributed by atoms with Gasteiger partial charge in [-0.25, -0.2) is 4.79 Å². The Morgan fingerprint density at radius 1 is 1.05 bits per heavy atom. The summed E-state index contributed by atoms with van der Waals surface area (Å²) in [5.74, 6) is -0.895. The number of piperidine rings is 1. The van der Waals surface area contributed by atoms with Crippen molar-refractivity contribution in [3.8, 4) is 0 Å². The van der Waals surface area contributed by atoms with E-state index in [4.69, 9.17) is 10.5 Å². The summed E-state index contributed by atoms with van der Waals surface area (Å²) in [6, 6.07) is 0. The highest BCUT2D eigenvalue weighted by Crippen LogP contribution is 2.47. The third-order valence-electron chi connectivity index (χ3n) is 5.10. The number of hydrogen-bond acceptors (Lipinski definition) is 4. The molecule has 1 spiro atoms. The Kier molecular flexibility index (Phi) is 4.44. The van der Waals surface area contributed by atoms with Crippen LogP contribution in [0.25, 0.3) is 0 Å². The first-order chi connectivity index (χ1) is 10.1. The van der Waals surface area contributed by atoms with Crippen molar-refractivity contribution >= 4 is 12.1 Å². The van der Waals surface area contributed by atoms with Crippen molar-refractivity contribution in [1.29, 1.82) is 0 Å². The van der Waals surface area contributed by atoms with Crippen molar-refractivity contribution in [2.24, 2.45) is 11.1 Å². The van der Waals surface area contributed by atoms with Crippen LogP contribution in [-0.4, -0.2) is 46.3 Å². The minimum absolute atomic E-state index is 0.150. The molecule has 1 saturated carbocycles. The molecule has 1 heterocycles. The molecule has 1 saturated heterocycles. The normalized spacial score (nSPS) is 24.1. The van der Waals surface area contributed by atoms with Gasteiger partial charge in [0.1, 0.15) is 11.1 Å². The molecule has 6 heteroatoms. The van der Waals surface area contributed by atoms with Crippen molar-refractivity contribution in [1.82, 2.24) is 4.90 Å². The van der Waals surface area contributed by atoms with Crippen LogP contribution in [0.4, 0.5) is 4.79 Å². The fourth-order valence-corrected chi connectivity index (χ4v) is 3.43. The first-order valence-electron chi connectivity index (χ1n) is 8.06. The number of carbonyl (C=O) groups excluding carboxylic acids is 1. The summed E-state index contributed by atoms with van der Waals surface area (Å²) in [6.07, 6.45) is 4.26. The summed E-state index contributed by atoms with van der Waals surface area (Å²) in [7, 11) is 0. The van der Waals surface area contributed by atoms with Gasteiger partial charge in [0.15, 0.2) is 0 Å². The van der Waals surface area contributed by atoms with Gasteiger partial charge in [0.25, 0.3) is 0 Å². The van der Waals surface area contributed by atoms with Gasteiger partial charge in [-0.15, -0.1) is 0 Å². The summed E-state index contributed by atoms with van der Waals surface area (Å²) < 4.78 is 5.41. The fraction of sp³-hybridized carbons (Fsp3) is 0.875. The molecule has 0 aromatic carbocycles. The number of hydrogen-bond donors (Lipinski definition) is 2. The maximum Gasteiger partial charge on any atom is 0.410 e. The van der Waals surface area contributed by atoms with Crippen molar-refractivity contribution in [3.05, 3.63) is 0 Å². The SMILES string of the molecule is CC(C)(C)OC(=O)N1CCC2(CC1)CCC(N)(C(=O)O)CC2. The van der Waals surface area contributed by atoms with Crippen LogP contribution in [0.1, 0.15) is 59.3 Å². The van der Waals surface area contributed by atoms with E-state index in [0.717, 1.165) is 25.7 Å². The molecule has 2 aliphatic rings. The van der Waals surface area contributed by atoms with Crippen LogP contribution in [0.3, 0.4) is 0 Å². The summed E-state index contributed by atoms with van der Waals surface area (Å²) >= 11 is 0. The van der Waals surface area contributed by atoms with Crippen molar-refractivity contribution in [2.45, 2.75) is 70.4 Å². The van der Waals surface area contributed by atoms with Crippen LogP contribution < -0.4 is 5.73 Å². The predicted molar refractivity (Wildman–Crippen MR) is 82.5 cm³/mol. The third kappa shape index (κ3) is 3.72. The molecule has 0 aromatic heterocycles. The highest BCUT2D eigenvalue weighted by molar-refractivity contribution is 5.78. The standard InChI is InChI=1S/C16H28N2O4/c1-14(2,3)22-13(21)18-10-8-15(9-11-18)4-6-16(17,7-5-15)12(19)20/h4-11,17H2,1-3H3,(H,19,20). The number of nitrogens with zero attached hydrogens (tertiary/aromatic N) is 1. The minimum Gasteiger partial charge on any atom is -0.480 e. The van der Waals surface area contributed by atoms with Gasteiger partial charge in [-0.3, -0.25) is 4.79 Å². The predicted octanol–water partition coefficient (Wildman–Crippen LogP) is 2.36. The largest absolute Gasteiger partial charge is 0.480 e. The highest BCUT2D eigenvalue weighted by atomic mass is 16.6. The maximum absolute atomic E-state index is 12.1. The lowest BCUT2D eigenvalue weighted by molar-refractivity contribution is -0.146. The summed E-state index contributed by atoms with van der Waals surface area (Å²) in [4.78, 5) is 25.1. The molecule has 1 amide bonds. The van der Waals surface area contributed by atoms with E-state index in [1.807, 2.05) is 20.8 Å². The second-order valence-electron chi connectivity index (χ2n) is 7.93. The summed E-state index contributed by atoms with van der Waals surface area (Å²) in [5, 5.41) is 9.21. The lowest BCUT2D eigenvalue weighted by Crippen LogP contribution is -2.54. The van der Waals surface area contributed by atoms with Crippen molar-refractivity contribution < 1.29 is 19.4 Å². The average Bonchev–Trinajstić information content (AvgIpc) is 2.41. The number of ether oxygens (including phenoxy) is 1. The number of rotatable bonds is 1. The zero-order valence-corrected chi connectivity index (χ0v) is 13.9. The van der Waals surface area contributed by atoms with Crippen LogP contribution >= 0.6 is 0 Å². The van der Waals surface area contributed by atoms with E-state index in [-0.39, 0.29) is 11.5 Å². The van der Waals surface area contributed by atoms with Gasteiger partial charge in [-0.05, 0) is 64.7 Å². The Morgan fingerprint density at radius 2 is 1.55 bits per heavy atom. The lowest BCUT2D eigenvalue weighted by atomic mass is 9.63. The van der Waals surface area contributed by atoms with E-state index in [1.54, 1.807) is 4.90 Å². The van der Waals surface area contributed by atoms with Gasteiger partial charge < -0.3 is 20.5 Å². The number of carbonyl (C=O) groups is 2. The van der Waals surface area contributed by atoms with E-state index in [2.05, 4.69) is 0 Å². The zero-order valence-electron chi connectivity index (χ0n) is 13.9. The molecule has 3 N–H and O–H groups in total. The van der Waals surface area contributed by atoms with E-state index in [1.165, 1.54) is 0 Å². The first-order valence-corrected chi connectivity index (χ1v) is 8.06. The average molecular weight is 312 g/mol. The second kappa shape index (κ2) is 5.72. The molecule has 0 atom stereocenters. The molecule has 126 valence electrons. The number of carboxylic acid groups (broad SMARTS) is 1. The smallest absolute Gasteiger partial charge is 0.410 e. The Bertz CT molecular complexity index is 438. The first kappa shape index (κ1) is 17.1. The molecule has 0 unspecified atom stereocenters. The van der Waals surface area contributed by atoms with Gasteiger partial charge >= 0.3 is 12.1 Å². The molecule has 0 bridgehead atoms.